The van der Waals surface area contributed by atoms with Gasteiger partial charge in [-0.1, -0.05) is 0 Å². The van der Waals surface area contributed by atoms with Gasteiger partial charge in [-0.3, -0.25) is 4.98 Å². The van der Waals surface area contributed by atoms with E-state index < -0.39 is 0 Å². The van der Waals surface area contributed by atoms with Crippen molar-refractivity contribution in [2.24, 2.45) is 0 Å². The molecule has 2 nitrogen and oxygen atoms in total. The minimum absolute atomic E-state index is 0.0269. The van der Waals surface area contributed by atoms with E-state index in [4.69, 9.17) is 5.11 Å². The third-order valence-corrected chi connectivity index (χ3v) is 1.97. The van der Waals surface area contributed by atoms with Gasteiger partial charge in [-0.25, -0.2) is 0 Å². The van der Waals surface area contributed by atoms with Gasteiger partial charge in [-0.2, -0.15) is 0 Å². The summed E-state index contributed by atoms with van der Waals surface area (Å²) in [5.41, 5.74) is 0.748. The second kappa shape index (κ2) is 3.12. The zero-order valence-corrected chi connectivity index (χ0v) is 6.87. The van der Waals surface area contributed by atoms with Gasteiger partial charge in [0.25, 0.3) is 0 Å². The molecule has 0 bridgehead atoms. The van der Waals surface area contributed by atoms with Gasteiger partial charge in [0.05, 0.1) is 12.3 Å². The Balaban J connectivity index is 3.01. The van der Waals surface area contributed by atoms with Gasteiger partial charge in [0.2, 0.25) is 0 Å². The molecular formula is C6H6INO. The smallest absolute Gasteiger partial charge is 0.0863 e. The van der Waals surface area contributed by atoms with Crippen LogP contribution in [0, 0.1) is 3.57 Å². The summed E-state index contributed by atoms with van der Waals surface area (Å²) in [5, 5.41) is 8.65. The second-order valence-corrected chi connectivity index (χ2v) is 2.75. The molecule has 48 valence electrons. The number of aliphatic hydroxyl groups excluding tert-OH is 1. The van der Waals surface area contributed by atoms with Crippen molar-refractivity contribution in [2.45, 2.75) is 6.61 Å². The van der Waals surface area contributed by atoms with Gasteiger partial charge in [0.1, 0.15) is 0 Å². The fourth-order valence-corrected chi connectivity index (χ4v) is 1.05. The van der Waals surface area contributed by atoms with Crippen molar-refractivity contribution in [2.75, 3.05) is 0 Å². The number of aliphatic hydroxyl groups is 1. The maximum Gasteiger partial charge on any atom is 0.0863 e. The third kappa shape index (κ3) is 1.62. The predicted octanol–water partition coefficient (Wildman–Crippen LogP) is 1.18. The Bertz CT molecular complexity index is 202. The van der Waals surface area contributed by atoms with E-state index in [-0.39, 0.29) is 6.61 Å². The highest BCUT2D eigenvalue weighted by Gasteiger charge is 1.94. The minimum atomic E-state index is 0.0269. The number of rotatable bonds is 1. The van der Waals surface area contributed by atoms with Crippen molar-refractivity contribution >= 4 is 22.6 Å². The molecule has 0 amide bonds. The highest BCUT2D eigenvalue weighted by Crippen LogP contribution is 2.06. The van der Waals surface area contributed by atoms with Crippen LogP contribution >= 0.6 is 22.6 Å². The van der Waals surface area contributed by atoms with Gasteiger partial charge in [0, 0.05) is 9.77 Å². The SMILES string of the molecule is OCc1ncccc1I. The van der Waals surface area contributed by atoms with Crippen LogP contribution in [0.15, 0.2) is 18.3 Å². The molecule has 1 rings (SSSR count). The van der Waals surface area contributed by atoms with Crippen molar-refractivity contribution in [3.05, 3.63) is 27.6 Å². The minimum Gasteiger partial charge on any atom is -0.390 e. The second-order valence-electron chi connectivity index (χ2n) is 1.59. The van der Waals surface area contributed by atoms with Crippen LogP contribution in [0.3, 0.4) is 0 Å². The van der Waals surface area contributed by atoms with Gasteiger partial charge >= 0.3 is 0 Å². The van der Waals surface area contributed by atoms with E-state index in [1.165, 1.54) is 0 Å². The monoisotopic (exact) mass is 235 g/mol. The summed E-state index contributed by atoms with van der Waals surface area (Å²) in [7, 11) is 0. The largest absolute Gasteiger partial charge is 0.390 e. The van der Waals surface area contributed by atoms with Gasteiger partial charge in [0.15, 0.2) is 0 Å². The Labute approximate surface area is 67.1 Å². The van der Waals surface area contributed by atoms with E-state index in [2.05, 4.69) is 27.6 Å². The first-order valence-electron chi connectivity index (χ1n) is 2.55. The van der Waals surface area contributed by atoms with Gasteiger partial charge in [-0.15, -0.1) is 0 Å². The van der Waals surface area contributed by atoms with Crippen molar-refractivity contribution in [3.63, 3.8) is 0 Å². The summed E-state index contributed by atoms with van der Waals surface area (Å²) < 4.78 is 1.01. The number of hydrogen-bond acceptors (Lipinski definition) is 2. The van der Waals surface area contributed by atoms with Crippen molar-refractivity contribution in [1.82, 2.24) is 4.98 Å². The van der Waals surface area contributed by atoms with E-state index in [0.717, 1.165) is 9.26 Å². The summed E-state index contributed by atoms with van der Waals surface area (Å²) in [6, 6.07) is 3.76. The highest BCUT2D eigenvalue weighted by atomic mass is 127. The molecule has 0 unspecified atom stereocenters. The van der Waals surface area contributed by atoms with Crippen molar-refractivity contribution in [1.29, 1.82) is 0 Å². The lowest BCUT2D eigenvalue weighted by Crippen LogP contribution is -1.90. The highest BCUT2D eigenvalue weighted by molar-refractivity contribution is 14.1. The Morgan fingerprint density at radius 1 is 1.67 bits per heavy atom. The topological polar surface area (TPSA) is 33.1 Å². The normalized spacial score (nSPS) is 9.56. The molecule has 0 aliphatic carbocycles. The van der Waals surface area contributed by atoms with Crippen LogP contribution in [0.2, 0.25) is 0 Å². The molecule has 0 saturated heterocycles. The summed E-state index contributed by atoms with van der Waals surface area (Å²) in [6.07, 6.45) is 1.67. The van der Waals surface area contributed by atoms with Crippen molar-refractivity contribution < 1.29 is 5.11 Å². The van der Waals surface area contributed by atoms with E-state index in [1.54, 1.807) is 6.20 Å². The molecule has 0 atom stereocenters. The quantitative estimate of drug-likeness (QED) is 0.741. The Morgan fingerprint density at radius 3 is 2.89 bits per heavy atom. The molecule has 3 heteroatoms. The molecule has 9 heavy (non-hydrogen) atoms. The van der Waals surface area contributed by atoms with E-state index >= 15 is 0 Å². The molecule has 1 aromatic heterocycles. The summed E-state index contributed by atoms with van der Waals surface area (Å²) in [5.74, 6) is 0. The summed E-state index contributed by atoms with van der Waals surface area (Å²) >= 11 is 2.14. The summed E-state index contributed by atoms with van der Waals surface area (Å²) in [4.78, 5) is 3.94. The van der Waals surface area contributed by atoms with Gasteiger partial charge < -0.3 is 5.11 Å². The first kappa shape index (κ1) is 6.95. The van der Waals surface area contributed by atoms with E-state index in [0.29, 0.717) is 0 Å². The fraction of sp³-hybridized carbons (Fsp3) is 0.167. The molecule has 0 aliphatic rings. The van der Waals surface area contributed by atoms with Crippen LogP contribution in [-0.4, -0.2) is 10.1 Å². The first-order chi connectivity index (χ1) is 4.34. The third-order valence-electron chi connectivity index (χ3n) is 0.984. The molecule has 1 heterocycles. The van der Waals surface area contributed by atoms with E-state index in [1.807, 2.05) is 12.1 Å². The molecule has 1 aromatic rings. The lowest BCUT2D eigenvalue weighted by molar-refractivity contribution is 0.276. The Hall–Kier alpha value is -0.160. The van der Waals surface area contributed by atoms with Gasteiger partial charge in [-0.05, 0) is 34.7 Å². The van der Waals surface area contributed by atoms with Crippen LogP contribution in [0.1, 0.15) is 5.69 Å². The average molecular weight is 235 g/mol. The molecule has 1 N–H and O–H groups in total. The Morgan fingerprint density at radius 2 is 2.44 bits per heavy atom. The standard InChI is InChI=1S/C6H6INO/c7-5-2-1-3-8-6(5)4-9/h1-3,9H,4H2. The molecule has 0 radical (unpaired) electrons. The average Bonchev–Trinajstić information content (AvgIpc) is 1.89. The fourth-order valence-electron chi connectivity index (χ4n) is 0.535. The van der Waals surface area contributed by atoms with Crippen molar-refractivity contribution in [3.8, 4) is 0 Å². The van der Waals surface area contributed by atoms with Crippen LogP contribution in [-0.2, 0) is 6.61 Å². The lowest BCUT2D eigenvalue weighted by Gasteiger charge is -1.95. The molecule has 0 spiro atoms. The number of halogens is 1. The molecule has 0 fully saturated rings. The van der Waals surface area contributed by atoms with Crippen LogP contribution in [0.4, 0.5) is 0 Å². The van der Waals surface area contributed by atoms with E-state index in [9.17, 15) is 0 Å². The maximum absolute atomic E-state index is 8.65. The predicted molar refractivity (Wildman–Crippen MR) is 42.9 cm³/mol. The number of pyridine rings is 1. The molecule has 0 saturated carbocycles. The van der Waals surface area contributed by atoms with Crippen LogP contribution in [0.5, 0.6) is 0 Å². The maximum atomic E-state index is 8.65. The molecule has 0 aromatic carbocycles. The zero-order valence-electron chi connectivity index (χ0n) is 4.71. The molecular weight excluding hydrogens is 229 g/mol. The Kier molecular flexibility index (Phi) is 2.41. The zero-order chi connectivity index (χ0) is 6.69. The van der Waals surface area contributed by atoms with Crippen LogP contribution in [0.25, 0.3) is 0 Å². The number of nitrogens with zero attached hydrogens (tertiary/aromatic N) is 1. The van der Waals surface area contributed by atoms with Crippen LogP contribution < -0.4 is 0 Å². The number of hydrogen-bond donors (Lipinski definition) is 1. The number of aromatic nitrogens is 1. The lowest BCUT2D eigenvalue weighted by atomic mass is 10.4. The first-order valence-corrected chi connectivity index (χ1v) is 3.62. The summed E-state index contributed by atoms with van der Waals surface area (Å²) in [6.45, 7) is 0.0269. The molecule has 0 aliphatic heterocycles.